The number of nitrogen functional groups attached to an aromatic ring is 1. The number of carbonyl (C=O) groups excluding carboxylic acids is 1. The van der Waals surface area contributed by atoms with E-state index in [2.05, 4.69) is 22.1 Å². The fraction of sp³-hybridized carbons (Fsp3) is 0.395. The Labute approximate surface area is 337 Å². The van der Waals surface area contributed by atoms with Crippen LogP contribution in [-0.4, -0.2) is 83.1 Å². The Balaban J connectivity index is 0.00000240. The Morgan fingerprint density at radius 3 is 2.75 bits per heavy atom. The monoisotopic (exact) mass is 967 g/mol. The molecule has 0 bridgehead atoms. The molecule has 4 aliphatic heterocycles. The summed E-state index contributed by atoms with van der Waals surface area (Å²) in [4.78, 5) is 18.8. The van der Waals surface area contributed by atoms with Crippen LogP contribution in [-0.2, 0) is 11.2 Å². The first kappa shape index (κ1) is 39.4. The van der Waals surface area contributed by atoms with Gasteiger partial charge in [-0.05, 0) is 55.5 Å². The number of aromatic amines is 1. The maximum Gasteiger partial charge on any atom is 3.00 e. The van der Waals surface area contributed by atoms with Crippen LogP contribution in [0.1, 0.15) is 64.2 Å². The predicted octanol–water partition coefficient (Wildman–Crippen LogP) is 6.08. The second-order valence-electron chi connectivity index (χ2n) is 13.6. The molecule has 4 aromatic rings. The summed E-state index contributed by atoms with van der Waals surface area (Å²) < 4.78 is 23.7. The molecule has 1 aromatic heterocycles. The van der Waals surface area contributed by atoms with E-state index in [1.54, 1.807) is 24.9 Å². The number of methoxy groups -OCH3 is 1. The molecule has 8 N–H and O–H groups in total. The van der Waals surface area contributed by atoms with Crippen LogP contribution >= 0.6 is 11.8 Å². The van der Waals surface area contributed by atoms with Crippen LogP contribution in [0.15, 0.2) is 36.4 Å². The number of nitrogens with zero attached hydrogens (tertiary/aromatic N) is 2. The number of aryl methyl sites for hydroxylation is 1. The number of phenols is 1. The number of para-hydroxylation sites is 1. The minimum atomic E-state index is -0.443. The van der Waals surface area contributed by atoms with E-state index in [0.717, 1.165) is 46.5 Å². The molecule has 0 amide bonds. The van der Waals surface area contributed by atoms with Gasteiger partial charge in [0, 0.05) is 65.7 Å². The average molecular weight is 968 g/mol. The van der Waals surface area contributed by atoms with E-state index in [0.29, 0.717) is 71.7 Å². The van der Waals surface area contributed by atoms with Crippen molar-refractivity contribution >= 4 is 34.3 Å². The van der Waals surface area contributed by atoms with E-state index in [1.807, 2.05) is 37.3 Å². The van der Waals surface area contributed by atoms with Gasteiger partial charge in [0.05, 0.1) is 13.2 Å². The molecule has 53 heavy (non-hydrogen) atoms. The number of anilines is 1. The number of nitrogens with one attached hydrogen (secondary N) is 2. The van der Waals surface area contributed by atoms with Gasteiger partial charge in [0.25, 0.3) is 0 Å². The number of rotatable bonds is 6. The number of piperazine rings is 1. The Hall–Kier alpha value is -3.26. The van der Waals surface area contributed by atoms with Crippen LogP contribution < -0.4 is 30.0 Å². The zero-order valence-electron chi connectivity index (χ0n) is 30.0. The Bertz CT molecular complexity index is 2010. The smallest absolute Gasteiger partial charge is 0.693 e. The van der Waals surface area contributed by atoms with E-state index >= 15 is 0 Å². The molecule has 1 radical (unpaired) electrons. The number of fused-ring (bicyclic) bond motifs is 7. The van der Waals surface area contributed by atoms with Crippen molar-refractivity contribution in [3.05, 3.63) is 88.9 Å². The van der Waals surface area contributed by atoms with Crippen molar-refractivity contribution in [3.8, 4) is 28.7 Å². The number of hydroxylamine groups is 2. The van der Waals surface area contributed by atoms with Gasteiger partial charge in [-0.25, -0.2) is 5.06 Å². The van der Waals surface area contributed by atoms with Gasteiger partial charge >= 0.3 is 37.1 Å². The molecule has 1 saturated heterocycles. The van der Waals surface area contributed by atoms with E-state index < -0.39 is 5.97 Å². The largest absolute Gasteiger partial charge is 3.00 e. The number of esters is 1. The fourth-order valence-electron chi connectivity index (χ4n) is 8.44. The molecular formula is C38H45N6O7SU. The fourth-order valence-corrected chi connectivity index (χ4v) is 9.96. The summed E-state index contributed by atoms with van der Waals surface area (Å²) in [6.07, 6.45) is 1.59. The summed E-state index contributed by atoms with van der Waals surface area (Å²) in [5.41, 5.74) is 13.2. The molecule has 0 saturated carbocycles. The number of hydrogen-bond acceptors (Lipinski definition) is 12. The third kappa shape index (κ3) is 6.84. The number of phenolic OH excluding ortho intramolecular Hbond substituents is 1. The third-order valence-corrected chi connectivity index (χ3v) is 12.0. The van der Waals surface area contributed by atoms with Gasteiger partial charge in [-0.1, -0.05) is 30.0 Å². The van der Waals surface area contributed by atoms with Crippen molar-refractivity contribution in [1.29, 1.82) is 0 Å². The van der Waals surface area contributed by atoms with E-state index in [-0.39, 0.29) is 73.2 Å². The van der Waals surface area contributed by atoms with Gasteiger partial charge in [-0.2, -0.15) is 23.2 Å². The number of thioether (sulfide) groups is 1. The van der Waals surface area contributed by atoms with E-state index in [4.69, 9.17) is 24.7 Å². The number of carbonyl (C=O) groups is 1. The maximum atomic E-state index is 12.7. The molecule has 279 valence electrons. The van der Waals surface area contributed by atoms with Crippen LogP contribution in [0.25, 0.3) is 17.1 Å². The maximum absolute atomic E-state index is 12.7. The van der Waals surface area contributed by atoms with Crippen molar-refractivity contribution in [1.82, 2.24) is 20.3 Å². The number of hydrogen-bond donors (Lipinski definition) is 5. The molecule has 4 unspecified atom stereocenters. The quantitative estimate of drug-likeness (QED) is 0.0650. The third-order valence-electron chi connectivity index (χ3n) is 10.6. The Morgan fingerprint density at radius 2 is 1.98 bits per heavy atom. The zero-order valence-corrected chi connectivity index (χ0v) is 35.0. The van der Waals surface area contributed by atoms with Gasteiger partial charge in [-0.3, -0.25) is 4.79 Å². The molecule has 5 heterocycles. The summed E-state index contributed by atoms with van der Waals surface area (Å²) in [7, 11) is 1.54. The van der Waals surface area contributed by atoms with Crippen molar-refractivity contribution in [2.45, 2.75) is 50.1 Å². The number of ether oxygens (including phenoxy) is 4. The summed E-state index contributed by atoms with van der Waals surface area (Å²) in [5.74, 6) is 3.21. The molecule has 3 aromatic carbocycles. The molecule has 0 aliphatic carbocycles. The minimum Gasteiger partial charge on any atom is -0.693 e. The standard InChI is InChI=1S/C38H43N5O7S.H2N.U/c1-19-35(50-21(3)44)30-29(37-36(19)48-18-49-37)20(2)43-14-12-40-32(25-7-5-9-28(47-4)34(25)45)33(43)38(30)51-17-22-16-42(46)13-6-8-24-26-15-23(39)10-11-27(26)41-31(22)24;;/h5,7,9-11,15,20,32-33,38,40-41,45-46H,2,6,8,12-14,16-18,39H2,1,3-4H3;1H2;/q-2;-1;+3. The molecular weight excluding hydrogens is 923 g/mol. The second-order valence-corrected chi connectivity index (χ2v) is 14.8. The summed E-state index contributed by atoms with van der Waals surface area (Å²) in [6.45, 7) is 10.2. The molecule has 4 aliphatic rings. The van der Waals surface area contributed by atoms with Gasteiger partial charge in [0.15, 0.2) is 23.0 Å². The van der Waals surface area contributed by atoms with Gasteiger partial charge in [0.1, 0.15) is 5.75 Å². The van der Waals surface area contributed by atoms with Crippen LogP contribution in [0.5, 0.6) is 28.7 Å². The Morgan fingerprint density at radius 1 is 1.19 bits per heavy atom. The zero-order chi connectivity index (χ0) is 35.6. The van der Waals surface area contributed by atoms with Gasteiger partial charge in [0.2, 0.25) is 6.79 Å². The molecule has 0 spiro atoms. The first-order valence-electron chi connectivity index (χ1n) is 17.3. The first-order chi connectivity index (χ1) is 24.7. The minimum absolute atomic E-state index is 0. The van der Waals surface area contributed by atoms with Gasteiger partial charge in [-0.15, -0.1) is 5.69 Å². The van der Waals surface area contributed by atoms with Crippen molar-refractivity contribution in [2.24, 2.45) is 0 Å². The molecule has 4 atom stereocenters. The summed E-state index contributed by atoms with van der Waals surface area (Å²) >= 11 is 1.71. The normalized spacial score (nSPS) is 22.4. The van der Waals surface area contributed by atoms with Crippen molar-refractivity contribution < 1.29 is 65.2 Å². The van der Waals surface area contributed by atoms with E-state index in [1.165, 1.54) is 17.6 Å². The number of nitrogens with two attached hydrogens (primary N) is 2. The predicted molar refractivity (Wildman–Crippen MR) is 200 cm³/mol. The van der Waals surface area contributed by atoms with Crippen molar-refractivity contribution in [2.75, 3.05) is 51.6 Å². The summed E-state index contributed by atoms with van der Waals surface area (Å²) in [5, 5.41) is 28.4. The van der Waals surface area contributed by atoms with Crippen LogP contribution in [0.2, 0.25) is 0 Å². The van der Waals surface area contributed by atoms with E-state index in [9.17, 15) is 15.1 Å². The molecule has 13 nitrogen and oxygen atoms in total. The topological polar surface area (TPSA) is 188 Å². The number of aromatic nitrogens is 1. The molecule has 8 rings (SSSR count). The van der Waals surface area contributed by atoms with Gasteiger partial charge < -0.3 is 63.3 Å². The number of aromatic hydroxyl groups is 1. The number of H-pyrrole nitrogens is 1. The molecule has 15 heteroatoms. The average Bonchev–Trinajstić information content (AvgIpc) is 3.73. The SMILES string of the molecule is [CH2-]C1c2c3c(c(C)c(OC(C)=O)c2C(SC[C-]2CN(O)CCCc4c2[nH]c2ccc(N)cc42)C2C(c4cccc(OC)c4O)NCCN12)OCO3.[NH2-].[U+3]. The Kier molecular flexibility index (Phi) is 11.8. The summed E-state index contributed by atoms with van der Waals surface area (Å²) in [6, 6.07) is 10.5. The first-order valence-corrected chi connectivity index (χ1v) is 18.3. The van der Waals surface area contributed by atoms with Crippen LogP contribution in [0, 0.1) is 50.9 Å². The molecule has 1 fully saturated rings. The van der Waals surface area contributed by atoms with Crippen LogP contribution in [0.4, 0.5) is 5.69 Å². The van der Waals surface area contributed by atoms with Crippen LogP contribution in [0.3, 0.4) is 0 Å². The van der Waals surface area contributed by atoms with Crippen molar-refractivity contribution in [3.63, 3.8) is 0 Å². The number of benzene rings is 3. The second kappa shape index (κ2) is 15.8.